The molecule has 0 aliphatic carbocycles. The highest BCUT2D eigenvalue weighted by atomic mass is 16.6. The zero-order chi connectivity index (χ0) is 16.0. The predicted molar refractivity (Wildman–Crippen MR) is 81.7 cm³/mol. The molecule has 1 aliphatic rings. The van der Waals surface area contributed by atoms with Crippen LogP contribution in [-0.2, 0) is 4.74 Å². The van der Waals surface area contributed by atoms with Crippen molar-refractivity contribution in [1.82, 2.24) is 20.2 Å². The van der Waals surface area contributed by atoms with Gasteiger partial charge in [-0.15, -0.1) is 0 Å². The van der Waals surface area contributed by atoms with Crippen molar-refractivity contribution < 1.29 is 14.3 Å². The Morgan fingerprint density at radius 2 is 2.14 bits per heavy atom. The molecule has 0 saturated carbocycles. The number of hydrogen-bond donors (Lipinski definition) is 1. The van der Waals surface area contributed by atoms with Gasteiger partial charge in [0.2, 0.25) is 0 Å². The number of carbonyl (C=O) groups excluding carboxylic acids is 1. The van der Waals surface area contributed by atoms with Crippen LogP contribution in [0.2, 0.25) is 0 Å². The molecule has 2 heterocycles. The van der Waals surface area contributed by atoms with Crippen LogP contribution in [0.15, 0.2) is 18.5 Å². The Balaban J connectivity index is 1.88. The van der Waals surface area contributed by atoms with Crippen LogP contribution in [0.1, 0.15) is 20.8 Å². The summed E-state index contributed by atoms with van der Waals surface area (Å²) in [7, 11) is 0. The molecular formula is C15H24N4O3. The Labute approximate surface area is 131 Å². The van der Waals surface area contributed by atoms with Crippen LogP contribution in [0, 0.1) is 5.92 Å². The summed E-state index contributed by atoms with van der Waals surface area (Å²) in [6, 6.07) is 2.10. The van der Waals surface area contributed by atoms with Gasteiger partial charge in [0, 0.05) is 44.5 Å². The summed E-state index contributed by atoms with van der Waals surface area (Å²) in [5, 5.41) is 3.31. The van der Waals surface area contributed by atoms with Crippen LogP contribution < -0.4 is 10.1 Å². The van der Waals surface area contributed by atoms with Gasteiger partial charge in [0.05, 0.1) is 6.61 Å². The molecule has 0 unspecified atom stereocenters. The van der Waals surface area contributed by atoms with Gasteiger partial charge in [-0.05, 0) is 26.8 Å². The molecule has 0 radical (unpaired) electrons. The standard InChI is InChI=1S/C15H24N4O3/c1-15(2,3)22-14(20)19-8-7-16-9-12(10-19)11-21-13-17-5-4-6-18-13/h4-6,12,16H,7-11H2,1-3H3/t12-/m1/s1. The zero-order valence-electron chi connectivity index (χ0n) is 13.4. The zero-order valence-corrected chi connectivity index (χ0v) is 13.4. The minimum Gasteiger partial charge on any atom is -0.463 e. The summed E-state index contributed by atoms with van der Waals surface area (Å²) in [6.45, 7) is 8.82. The summed E-state index contributed by atoms with van der Waals surface area (Å²) in [5.41, 5.74) is -0.485. The number of hydrogen-bond acceptors (Lipinski definition) is 6. The van der Waals surface area contributed by atoms with E-state index in [1.165, 1.54) is 0 Å². The fraction of sp³-hybridized carbons (Fsp3) is 0.667. The number of ether oxygens (including phenoxy) is 2. The molecule has 1 aliphatic heterocycles. The highest BCUT2D eigenvalue weighted by Gasteiger charge is 2.26. The third-order valence-corrected chi connectivity index (χ3v) is 3.11. The van der Waals surface area contributed by atoms with E-state index >= 15 is 0 Å². The predicted octanol–water partition coefficient (Wildman–Crippen LogP) is 1.31. The van der Waals surface area contributed by atoms with E-state index in [-0.39, 0.29) is 12.0 Å². The van der Waals surface area contributed by atoms with E-state index < -0.39 is 5.60 Å². The summed E-state index contributed by atoms with van der Waals surface area (Å²) >= 11 is 0. The number of nitrogens with one attached hydrogen (secondary N) is 1. The number of aromatic nitrogens is 2. The first-order valence-electron chi connectivity index (χ1n) is 7.52. The fourth-order valence-corrected chi connectivity index (χ4v) is 2.14. The molecule has 1 aromatic rings. The van der Waals surface area contributed by atoms with Crippen LogP contribution in [0.4, 0.5) is 4.79 Å². The SMILES string of the molecule is CC(C)(C)OC(=O)N1CCNC[C@@H](COc2ncccn2)C1. The molecule has 1 amide bonds. The third-order valence-electron chi connectivity index (χ3n) is 3.11. The van der Waals surface area contributed by atoms with E-state index in [1.54, 1.807) is 23.4 Å². The van der Waals surface area contributed by atoms with E-state index in [0.29, 0.717) is 25.7 Å². The van der Waals surface area contributed by atoms with Gasteiger partial charge in [0.1, 0.15) is 5.60 Å². The Bertz CT molecular complexity index is 475. The number of nitrogens with zero attached hydrogens (tertiary/aromatic N) is 3. The van der Waals surface area contributed by atoms with Crippen molar-refractivity contribution >= 4 is 6.09 Å². The average Bonchev–Trinajstić information content (AvgIpc) is 2.70. The Hall–Kier alpha value is -1.89. The first kappa shape index (κ1) is 16.5. The van der Waals surface area contributed by atoms with Crippen molar-refractivity contribution in [2.45, 2.75) is 26.4 Å². The van der Waals surface area contributed by atoms with Crippen molar-refractivity contribution in [3.63, 3.8) is 0 Å². The van der Waals surface area contributed by atoms with Crippen molar-refractivity contribution in [2.75, 3.05) is 32.8 Å². The van der Waals surface area contributed by atoms with Crippen LogP contribution in [-0.4, -0.2) is 59.3 Å². The topological polar surface area (TPSA) is 76.6 Å². The third kappa shape index (κ3) is 5.48. The van der Waals surface area contributed by atoms with Crippen LogP contribution in [0.5, 0.6) is 6.01 Å². The second-order valence-corrected chi connectivity index (χ2v) is 6.34. The minimum absolute atomic E-state index is 0.166. The number of carbonyl (C=O) groups is 1. The number of amides is 1. The molecule has 0 bridgehead atoms. The smallest absolute Gasteiger partial charge is 0.410 e. The molecule has 0 aromatic carbocycles. The lowest BCUT2D eigenvalue weighted by atomic mass is 10.1. The lowest BCUT2D eigenvalue weighted by molar-refractivity contribution is 0.0229. The molecule has 1 aromatic heterocycles. The Morgan fingerprint density at radius 1 is 1.41 bits per heavy atom. The van der Waals surface area contributed by atoms with Crippen LogP contribution in [0.25, 0.3) is 0 Å². The Morgan fingerprint density at radius 3 is 2.82 bits per heavy atom. The van der Waals surface area contributed by atoms with Crippen molar-refractivity contribution in [2.24, 2.45) is 5.92 Å². The summed E-state index contributed by atoms with van der Waals surface area (Å²) in [4.78, 5) is 22.0. The monoisotopic (exact) mass is 308 g/mol. The molecule has 22 heavy (non-hydrogen) atoms. The molecule has 7 heteroatoms. The molecule has 1 fully saturated rings. The highest BCUT2D eigenvalue weighted by Crippen LogP contribution is 2.13. The largest absolute Gasteiger partial charge is 0.463 e. The quantitative estimate of drug-likeness (QED) is 0.907. The first-order valence-corrected chi connectivity index (χ1v) is 7.52. The highest BCUT2D eigenvalue weighted by molar-refractivity contribution is 5.68. The molecular weight excluding hydrogens is 284 g/mol. The normalized spacial score (nSPS) is 19.4. The lowest BCUT2D eigenvalue weighted by Gasteiger charge is -2.27. The van der Waals surface area contributed by atoms with Gasteiger partial charge < -0.3 is 19.7 Å². The molecule has 122 valence electrons. The fourth-order valence-electron chi connectivity index (χ4n) is 2.14. The molecule has 1 saturated heterocycles. The summed E-state index contributed by atoms with van der Waals surface area (Å²) in [6.07, 6.45) is 3.00. The van der Waals surface area contributed by atoms with E-state index in [9.17, 15) is 4.79 Å². The molecule has 0 spiro atoms. The molecule has 1 atom stereocenters. The molecule has 2 rings (SSSR count). The second kappa shape index (κ2) is 7.40. The maximum atomic E-state index is 12.2. The van der Waals surface area contributed by atoms with Crippen LogP contribution >= 0.6 is 0 Å². The van der Waals surface area contributed by atoms with E-state index in [1.807, 2.05) is 20.8 Å². The second-order valence-electron chi connectivity index (χ2n) is 6.34. The average molecular weight is 308 g/mol. The van der Waals surface area contributed by atoms with E-state index in [0.717, 1.165) is 13.1 Å². The van der Waals surface area contributed by atoms with Gasteiger partial charge in [0.15, 0.2) is 0 Å². The summed E-state index contributed by atoms with van der Waals surface area (Å²) in [5.74, 6) is 0.166. The van der Waals surface area contributed by atoms with Crippen molar-refractivity contribution in [3.8, 4) is 6.01 Å². The maximum Gasteiger partial charge on any atom is 0.410 e. The van der Waals surface area contributed by atoms with Gasteiger partial charge in [-0.2, -0.15) is 0 Å². The van der Waals surface area contributed by atoms with Crippen LogP contribution in [0.3, 0.4) is 0 Å². The van der Waals surface area contributed by atoms with E-state index in [2.05, 4.69) is 15.3 Å². The maximum absolute atomic E-state index is 12.2. The lowest BCUT2D eigenvalue weighted by Crippen LogP contribution is -2.40. The molecule has 1 N–H and O–H groups in total. The Kier molecular flexibility index (Phi) is 5.54. The number of rotatable bonds is 3. The molecule has 7 nitrogen and oxygen atoms in total. The van der Waals surface area contributed by atoms with Gasteiger partial charge in [-0.25, -0.2) is 14.8 Å². The van der Waals surface area contributed by atoms with Crippen molar-refractivity contribution in [3.05, 3.63) is 18.5 Å². The summed E-state index contributed by atoms with van der Waals surface area (Å²) < 4.78 is 11.0. The van der Waals surface area contributed by atoms with E-state index in [4.69, 9.17) is 9.47 Å². The van der Waals surface area contributed by atoms with Gasteiger partial charge in [-0.3, -0.25) is 0 Å². The van der Waals surface area contributed by atoms with Gasteiger partial charge in [-0.1, -0.05) is 0 Å². The van der Waals surface area contributed by atoms with Gasteiger partial charge in [0.25, 0.3) is 0 Å². The van der Waals surface area contributed by atoms with Gasteiger partial charge >= 0.3 is 12.1 Å². The minimum atomic E-state index is -0.485. The first-order chi connectivity index (χ1) is 10.4. The van der Waals surface area contributed by atoms with Crippen molar-refractivity contribution in [1.29, 1.82) is 0 Å².